The van der Waals surface area contributed by atoms with Crippen molar-refractivity contribution < 1.29 is 19.5 Å². The number of nitrogens with one attached hydrogen (secondary N) is 1. The third-order valence-corrected chi connectivity index (χ3v) is 6.86. The molecule has 32 heavy (non-hydrogen) atoms. The summed E-state index contributed by atoms with van der Waals surface area (Å²) in [6, 6.07) is 7.89. The number of aliphatic carboxylic acids is 1. The van der Waals surface area contributed by atoms with Crippen LogP contribution >= 0.6 is 0 Å². The molecule has 1 aliphatic heterocycles. The van der Waals surface area contributed by atoms with Crippen molar-refractivity contribution in [2.45, 2.75) is 90.0 Å². The largest absolute Gasteiger partial charge is 0.481 e. The first-order valence-corrected chi connectivity index (χ1v) is 12.3. The highest BCUT2D eigenvalue weighted by atomic mass is 16.4. The number of hydrogen-bond donors (Lipinski definition) is 2. The summed E-state index contributed by atoms with van der Waals surface area (Å²) in [7, 11) is 0. The van der Waals surface area contributed by atoms with Crippen LogP contribution in [0.3, 0.4) is 0 Å². The van der Waals surface area contributed by atoms with Crippen LogP contribution in [0.4, 0.5) is 5.69 Å². The molecule has 176 valence electrons. The summed E-state index contributed by atoms with van der Waals surface area (Å²) in [5, 5.41) is 12.3. The molecule has 6 nitrogen and oxygen atoms in total. The van der Waals surface area contributed by atoms with Crippen LogP contribution in [0.5, 0.6) is 0 Å². The molecule has 0 bridgehead atoms. The molecule has 0 aromatic heterocycles. The van der Waals surface area contributed by atoms with Gasteiger partial charge in [-0.1, -0.05) is 64.0 Å². The Morgan fingerprint density at radius 2 is 1.75 bits per heavy atom. The van der Waals surface area contributed by atoms with Gasteiger partial charge in [-0.3, -0.25) is 14.4 Å². The summed E-state index contributed by atoms with van der Waals surface area (Å²) in [6.45, 7) is 4.55. The van der Waals surface area contributed by atoms with Gasteiger partial charge in [0.1, 0.15) is 0 Å². The minimum Gasteiger partial charge on any atom is -0.481 e. The predicted molar refractivity (Wildman–Crippen MR) is 126 cm³/mol. The number of amides is 2. The van der Waals surface area contributed by atoms with Gasteiger partial charge in [-0.25, -0.2) is 0 Å². The zero-order chi connectivity index (χ0) is 23.1. The maximum Gasteiger partial charge on any atom is 0.308 e. The second-order valence-corrected chi connectivity index (χ2v) is 9.60. The minimum atomic E-state index is -0.925. The zero-order valence-electron chi connectivity index (χ0n) is 19.5. The number of hydrogen-bond acceptors (Lipinski definition) is 3. The van der Waals surface area contributed by atoms with E-state index >= 15 is 0 Å². The van der Waals surface area contributed by atoms with E-state index in [2.05, 4.69) is 19.2 Å². The van der Waals surface area contributed by atoms with E-state index < -0.39 is 11.9 Å². The third kappa shape index (κ3) is 6.57. The van der Waals surface area contributed by atoms with E-state index in [0.717, 1.165) is 24.1 Å². The number of anilines is 1. The standard InChI is InChI=1S/C26H38N2O4/c1-3-4-5-6-7-8-9-10-18(2)27-25(30)23-16-22(23)19-11-13-21(14-12-19)28-17-20(26(31)32)15-24(28)29/h11-14,18,20,22-23H,3-10,15-17H2,1-2H3,(H,27,30)(H,31,32)/t18?,20?,22-,23+/m0/s1. The average molecular weight is 443 g/mol. The maximum absolute atomic E-state index is 12.6. The van der Waals surface area contributed by atoms with Gasteiger partial charge in [0.15, 0.2) is 0 Å². The van der Waals surface area contributed by atoms with Gasteiger partial charge in [0.2, 0.25) is 11.8 Å². The molecule has 3 rings (SSSR count). The van der Waals surface area contributed by atoms with E-state index in [-0.39, 0.29) is 42.7 Å². The molecule has 1 aromatic rings. The number of unbranched alkanes of at least 4 members (excludes halogenated alkanes) is 6. The molecule has 1 heterocycles. The van der Waals surface area contributed by atoms with Crippen molar-refractivity contribution in [3.63, 3.8) is 0 Å². The van der Waals surface area contributed by atoms with Crippen LogP contribution in [0.1, 0.15) is 89.5 Å². The Morgan fingerprint density at radius 3 is 2.38 bits per heavy atom. The van der Waals surface area contributed by atoms with Gasteiger partial charge in [0.05, 0.1) is 5.92 Å². The maximum atomic E-state index is 12.6. The van der Waals surface area contributed by atoms with Crippen molar-refractivity contribution in [1.29, 1.82) is 0 Å². The van der Waals surface area contributed by atoms with Crippen molar-refractivity contribution in [2.24, 2.45) is 11.8 Å². The first-order chi connectivity index (χ1) is 15.4. The Bertz CT molecular complexity index is 792. The predicted octanol–water partition coefficient (Wildman–Crippen LogP) is 4.87. The quantitative estimate of drug-likeness (QED) is 0.427. The van der Waals surface area contributed by atoms with Crippen molar-refractivity contribution >= 4 is 23.5 Å². The molecular weight excluding hydrogens is 404 g/mol. The van der Waals surface area contributed by atoms with Gasteiger partial charge in [-0.2, -0.15) is 0 Å². The van der Waals surface area contributed by atoms with Crippen LogP contribution in [-0.4, -0.2) is 35.5 Å². The second kappa shape index (κ2) is 11.5. The minimum absolute atomic E-state index is 0.0298. The van der Waals surface area contributed by atoms with Crippen LogP contribution < -0.4 is 10.2 Å². The highest BCUT2D eigenvalue weighted by Crippen LogP contribution is 2.48. The molecular formula is C26H38N2O4. The van der Waals surface area contributed by atoms with Crippen LogP contribution in [0, 0.1) is 11.8 Å². The van der Waals surface area contributed by atoms with E-state index in [1.807, 2.05) is 24.3 Å². The molecule has 1 aliphatic carbocycles. The Hall–Kier alpha value is -2.37. The molecule has 1 saturated carbocycles. The van der Waals surface area contributed by atoms with E-state index in [1.54, 1.807) is 4.90 Å². The van der Waals surface area contributed by atoms with Gasteiger partial charge in [0, 0.05) is 30.6 Å². The van der Waals surface area contributed by atoms with Gasteiger partial charge >= 0.3 is 5.97 Å². The first-order valence-electron chi connectivity index (χ1n) is 12.3. The molecule has 2 fully saturated rings. The molecule has 1 aromatic carbocycles. The number of carboxylic acids is 1. The van der Waals surface area contributed by atoms with Crippen LogP contribution in [0.15, 0.2) is 24.3 Å². The van der Waals surface area contributed by atoms with Crippen molar-refractivity contribution in [1.82, 2.24) is 5.32 Å². The molecule has 2 unspecified atom stereocenters. The van der Waals surface area contributed by atoms with Gasteiger partial charge in [0.25, 0.3) is 0 Å². The average Bonchev–Trinajstić information content (AvgIpc) is 3.48. The summed E-state index contributed by atoms with van der Waals surface area (Å²) in [4.78, 5) is 37.4. The topological polar surface area (TPSA) is 86.7 Å². The Morgan fingerprint density at radius 1 is 1.09 bits per heavy atom. The second-order valence-electron chi connectivity index (χ2n) is 9.60. The van der Waals surface area contributed by atoms with Crippen LogP contribution in [0.2, 0.25) is 0 Å². The number of nitrogens with zero attached hydrogens (tertiary/aromatic N) is 1. The Balaban J connectivity index is 1.39. The lowest BCUT2D eigenvalue weighted by Gasteiger charge is -2.16. The highest BCUT2D eigenvalue weighted by molar-refractivity contribution is 5.99. The van der Waals surface area contributed by atoms with Crippen molar-refractivity contribution in [3.8, 4) is 0 Å². The van der Waals surface area contributed by atoms with Gasteiger partial charge in [-0.05, 0) is 43.4 Å². The fourth-order valence-electron chi connectivity index (χ4n) is 4.71. The van der Waals surface area contributed by atoms with Gasteiger partial charge < -0.3 is 15.3 Å². The summed E-state index contributed by atoms with van der Waals surface area (Å²) in [5.41, 5.74) is 1.84. The molecule has 2 N–H and O–H groups in total. The van der Waals surface area contributed by atoms with Crippen molar-refractivity contribution in [3.05, 3.63) is 29.8 Å². The number of carbonyl (C=O) groups is 3. The normalized spacial score (nSPS) is 23.2. The van der Waals surface area contributed by atoms with E-state index in [4.69, 9.17) is 5.11 Å². The fourth-order valence-corrected chi connectivity index (χ4v) is 4.71. The summed E-state index contributed by atoms with van der Waals surface area (Å²) in [6.07, 6.45) is 10.9. The number of benzene rings is 1. The summed E-state index contributed by atoms with van der Waals surface area (Å²) >= 11 is 0. The van der Waals surface area contributed by atoms with Crippen LogP contribution in [0.25, 0.3) is 0 Å². The molecule has 6 heteroatoms. The SMILES string of the molecule is CCCCCCCCCC(C)NC(=O)[C@@H]1C[C@H]1c1ccc(N2CC(C(=O)O)CC2=O)cc1. The zero-order valence-corrected chi connectivity index (χ0v) is 19.5. The molecule has 0 radical (unpaired) electrons. The Kier molecular flexibility index (Phi) is 8.71. The number of carbonyl (C=O) groups excluding carboxylic acids is 2. The number of carboxylic acid groups (broad SMARTS) is 1. The molecule has 2 aliphatic rings. The summed E-state index contributed by atoms with van der Waals surface area (Å²) < 4.78 is 0. The lowest BCUT2D eigenvalue weighted by molar-refractivity contribution is -0.141. The highest BCUT2D eigenvalue weighted by Gasteiger charge is 2.44. The molecule has 4 atom stereocenters. The Labute approximate surface area is 191 Å². The van der Waals surface area contributed by atoms with Crippen molar-refractivity contribution in [2.75, 3.05) is 11.4 Å². The lowest BCUT2D eigenvalue weighted by Crippen LogP contribution is -2.33. The first kappa shape index (κ1) is 24.3. The third-order valence-electron chi connectivity index (χ3n) is 6.86. The smallest absolute Gasteiger partial charge is 0.308 e. The number of rotatable bonds is 13. The molecule has 1 saturated heterocycles. The van der Waals surface area contributed by atoms with E-state index in [1.165, 1.54) is 44.9 Å². The lowest BCUT2D eigenvalue weighted by atomic mass is 10.1. The molecule has 2 amide bonds. The summed E-state index contributed by atoms with van der Waals surface area (Å²) in [5.74, 6) is -1.30. The van der Waals surface area contributed by atoms with E-state index in [9.17, 15) is 14.4 Å². The fraction of sp³-hybridized carbons (Fsp3) is 0.654. The van der Waals surface area contributed by atoms with E-state index in [0.29, 0.717) is 0 Å². The van der Waals surface area contributed by atoms with Gasteiger partial charge in [-0.15, -0.1) is 0 Å². The molecule has 0 spiro atoms. The van der Waals surface area contributed by atoms with Crippen LogP contribution in [-0.2, 0) is 14.4 Å². The monoisotopic (exact) mass is 442 g/mol.